The zero-order valence-corrected chi connectivity index (χ0v) is 34.6. The van der Waals surface area contributed by atoms with Crippen LogP contribution in [0.3, 0.4) is 0 Å². The van der Waals surface area contributed by atoms with Gasteiger partial charge >= 0.3 is 0 Å². The quantitative estimate of drug-likeness (QED) is 0.121. The fourth-order valence-electron chi connectivity index (χ4n) is 10.1. The molecule has 0 saturated carbocycles. The van der Waals surface area contributed by atoms with Gasteiger partial charge in [0, 0.05) is 37.1 Å². The molecule has 0 aliphatic carbocycles. The number of amides is 3. The van der Waals surface area contributed by atoms with Gasteiger partial charge in [-0.1, -0.05) is 51.0 Å². The fraction of sp³-hybridized carbons (Fsp3) is 0.467. The van der Waals surface area contributed by atoms with E-state index in [4.69, 9.17) is 4.98 Å². The number of nitrogens with one attached hydrogen (secondary N) is 1. The predicted molar refractivity (Wildman–Crippen MR) is 225 cm³/mol. The monoisotopic (exact) mass is 834 g/mol. The molecule has 298 valence electrons. The van der Waals surface area contributed by atoms with Crippen LogP contribution in [0.5, 0.6) is 0 Å². The molecule has 1 N–H and O–H groups in total. The molecule has 0 radical (unpaired) electrons. The van der Waals surface area contributed by atoms with Gasteiger partial charge in [-0.2, -0.15) is 4.98 Å². The Balaban J connectivity index is 0.961. The van der Waals surface area contributed by atoms with E-state index in [2.05, 4.69) is 73.7 Å². The summed E-state index contributed by atoms with van der Waals surface area (Å²) >= 11 is 3.64. The van der Waals surface area contributed by atoms with Crippen molar-refractivity contribution in [1.82, 2.24) is 24.7 Å². The number of hydrogen-bond acceptors (Lipinski definition) is 8. The molecule has 11 nitrogen and oxygen atoms in total. The molecule has 0 spiro atoms. The topological polar surface area (TPSA) is 125 Å². The van der Waals surface area contributed by atoms with E-state index in [9.17, 15) is 24.0 Å². The van der Waals surface area contributed by atoms with Crippen molar-refractivity contribution in [1.29, 1.82) is 0 Å². The van der Waals surface area contributed by atoms with Crippen molar-refractivity contribution in [2.45, 2.75) is 101 Å². The third-order valence-corrected chi connectivity index (χ3v) is 14.0. The normalized spacial score (nSPS) is 20.5. The number of rotatable bonds is 12. The minimum Gasteiger partial charge on any atom is -0.371 e. The Morgan fingerprint density at radius 2 is 1.72 bits per heavy atom. The lowest BCUT2D eigenvalue weighted by atomic mass is 9.74. The lowest BCUT2D eigenvalue weighted by Crippen LogP contribution is -2.48. The maximum absolute atomic E-state index is 13.7. The molecule has 5 heterocycles. The molecular formula is C45H51BrN6O5. The second-order valence-electron chi connectivity index (χ2n) is 16.1. The number of piperidine rings is 2. The van der Waals surface area contributed by atoms with Crippen LogP contribution in [0.4, 0.5) is 5.69 Å². The summed E-state index contributed by atoms with van der Waals surface area (Å²) in [6.07, 6.45) is 8.71. The van der Waals surface area contributed by atoms with E-state index in [1.165, 1.54) is 18.2 Å². The Hall–Kier alpha value is -4.68. The summed E-state index contributed by atoms with van der Waals surface area (Å²) in [5.41, 5.74) is 5.62. The summed E-state index contributed by atoms with van der Waals surface area (Å²) in [6, 6.07) is 17.8. The largest absolute Gasteiger partial charge is 0.371 e. The molecule has 4 aliphatic heterocycles. The SMILES string of the molecule is CCCCC1(CC)c2ccc(C3CCN(C4CCN(c5cccc6c5C(=O)N(C(C=O)CCC(=O)NC)C6=O)CC4)CC3)cc2-n2c1nc(=O)c1c(Br)cccc12. The van der Waals surface area contributed by atoms with E-state index in [0.717, 1.165) is 110 Å². The van der Waals surface area contributed by atoms with Crippen molar-refractivity contribution in [2.75, 3.05) is 38.1 Å². The second kappa shape index (κ2) is 15.9. The first-order valence-corrected chi connectivity index (χ1v) is 21.5. The first kappa shape index (κ1) is 39.2. The van der Waals surface area contributed by atoms with Crippen LogP contribution in [0.15, 0.2) is 63.9 Å². The summed E-state index contributed by atoms with van der Waals surface area (Å²) in [5.74, 6) is 0.106. The van der Waals surface area contributed by atoms with Gasteiger partial charge in [-0.15, -0.1) is 0 Å². The molecule has 2 saturated heterocycles. The molecule has 0 bridgehead atoms. The Labute approximate surface area is 341 Å². The predicted octanol–water partition coefficient (Wildman–Crippen LogP) is 6.89. The number of carbonyl (C=O) groups excluding carboxylic acids is 4. The number of benzene rings is 3. The van der Waals surface area contributed by atoms with Crippen LogP contribution in [0.2, 0.25) is 0 Å². The van der Waals surface area contributed by atoms with E-state index < -0.39 is 17.9 Å². The Kier molecular flexibility index (Phi) is 10.9. The lowest BCUT2D eigenvalue weighted by Gasteiger charge is -2.42. The molecule has 8 rings (SSSR count). The first-order chi connectivity index (χ1) is 27.6. The van der Waals surface area contributed by atoms with Gasteiger partial charge < -0.3 is 19.9 Å². The summed E-state index contributed by atoms with van der Waals surface area (Å²) in [7, 11) is 1.52. The zero-order chi connectivity index (χ0) is 40.0. The maximum atomic E-state index is 13.7. The molecule has 12 heteroatoms. The summed E-state index contributed by atoms with van der Waals surface area (Å²) in [4.78, 5) is 75.2. The number of fused-ring (bicyclic) bond motifs is 6. The Morgan fingerprint density at radius 1 is 0.965 bits per heavy atom. The minimum atomic E-state index is -0.996. The highest BCUT2D eigenvalue weighted by Gasteiger charge is 2.45. The van der Waals surface area contributed by atoms with Gasteiger partial charge in [-0.25, -0.2) is 0 Å². The maximum Gasteiger partial charge on any atom is 0.281 e. The van der Waals surface area contributed by atoms with Crippen LogP contribution in [0, 0.1) is 0 Å². The standard InChI is InChI=1S/C45H51BrN6O5/c1-4-6-21-45(5-2)33-15-13-29(26-37(33)52-36-12-8-10-34(46)40(36)41(55)48-44(45)52)28-17-22-49(23-18-28)30-19-24-50(25-20-30)35-11-7-9-32-39(35)43(57)51(42(32)56)31(27-53)14-16-38(54)47-3/h7-13,15,26-28,30-31H,4-6,14,16-25H2,1-3H3,(H,47,54). The number of likely N-dealkylation sites (tertiary alicyclic amines) is 1. The second-order valence-corrected chi connectivity index (χ2v) is 17.0. The molecule has 4 aliphatic rings. The molecule has 3 amide bonds. The molecule has 57 heavy (non-hydrogen) atoms. The van der Waals surface area contributed by atoms with Gasteiger partial charge in [0.1, 0.15) is 12.1 Å². The van der Waals surface area contributed by atoms with Crippen molar-refractivity contribution >= 4 is 56.5 Å². The van der Waals surface area contributed by atoms with Crippen LogP contribution in [-0.4, -0.2) is 88.7 Å². The molecule has 3 aromatic carbocycles. The number of unbranched alkanes of at least 4 members (excludes halogenated alkanes) is 1. The van der Waals surface area contributed by atoms with Gasteiger partial charge in [0.15, 0.2) is 0 Å². The summed E-state index contributed by atoms with van der Waals surface area (Å²) in [6.45, 7) is 7.99. The van der Waals surface area contributed by atoms with Crippen LogP contribution < -0.4 is 15.8 Å². The summed E-state index contributed by atoms with van der Waals surface area (Å²) < 4.78 is 3.05. The van der Waals surface area contributed by atoms with Crippen molar-refractivity contribution in [3.8, 4) is 5.69 Å². The minimum absolute atomic E-state index is 0.0439. The average molecular weight is 836 g/mol. The number of nitrogens with zero attached hydrogens (tertiary/aromatic N) is 5. The number of halogens is 1. The van der Waals surface area contributed by atoms with Crippen LogP contribution in [0.1, 0.15) is 122 Å². The highest BCUT2D eigenvalue weighted by atomic mass is 79.9. The number of aldehydes is 1. The van der Waals surface area contributed by atoms with Gasteiger partial charge in [0.25, 0.3) is 17.4 Å². The number of imide groups is 1. The van der Waals surface area contributed by atoms with E-state index in [1.54, 1.807) is 6.07 Å². The van der Waals surface area contributed by atoms with E-state index >= 15 is 0 Å². The number of hydrogen-bond donors (Lipinski definition) is 1. The van der Waals surface area contributed by atoms with Crippen molar-refractivity contribution in [2.24, 2.45) is 0 Å². The van der Waals surface area contributed by atoms with Crippen molar-refractivity contribution < 1.29 is 19.2 Å². The van der Waals surface area contributed by atoms with Gasteiger partial charge in [0.05, 0.1) is 44.9 Å². The Morgan fingerprint density at radius 3 is 2.42 bits per heavy atom. The van der Waals surface area contributed by atoms with E-state index in [1.807, 2.05) is 24.3 Å². The molecule has 2 fully saturated rings. The smallest absolute Gasteiger partial charge is 0.281 e. The van der Waals surface area contributed by atoms with Gasteiger partial charge in [0.2, 0.25) is 5.91 Å². The van der Waals surface area contributed by atoms with Crippen LogP contribution >= 0.6 is 15.9 Å². The van der Waals surface area contributed by atoms with Crippen LogP contribution in [0.25, 0.3) is 16.6 Å². The highest BCUT2D eigenvalue weighted by molar-refractivity contribution is 9.10. The number of anilines is 1. The lowest BCUT2D eigenvalue weighted by molar-refractivity contribution is -0.121. The van der Waals surface area contributed by atoms with Crippen molar-refractivity contribution in [3.63, 3.8) is 0 Å². The summed E-state index contributed by atoms with van der Waals surface area (Å²) in [5, 5.41) is 3.15. The molecule has 2 unspecified atom stereocenters. The third kappa shape index (κ3) is 6.62. The number of carbonyl (C=O) groups is 4. The van der Waals surface area contributed by atoms with Crippen molar-refractivity contribution in [3.05, 3.63) is 97.5 Å². The Bertz CT molecular complexity index is 2310. The van der Waals surface area contributed by atoms with Gasteiger partial charge in [-0.3, -0.25) is 28.6 Å². The average Bonchev–Trinajstić information content (AvgIpc) is 3.66. The number of aromatic nitrogens is 2. The first-order valence-electron chi connectivity index (χ1n) is 20.7. The molecular weight excluding hydrogens is 784 g/mol. The van der Waals surface area contributed by atoms with Gasteiger partial charge in [-0.05, 0) is 121 Å². The fourth-order valence-corrected chi connectivity index (χ4v) is 10.7. The molecule has 4 aromatic rings. The van der Waals surface area contributed by atoms with Crippen LogP contribution in [-0.2, 0) is 15.0 Å². The van der Waals surface area contributed by atoms with E-state index in [0.29, 0.717) is 34.8 Å². The molecule has 1 aromatic heterocycles. The zero-order valence-electron chi connectivity index (χ0n) is 33.1. The highest BCUT2D eigenvalue weighted by Crippen LogP contribution is 2.50. The third-order valence-electron chi connectivity index (χ3n) is 13.3. The molecule has 2 atom stereocenters. The van der Waals surface area contributed by atoms with E-state index in [-0.39, 0.29) is 29.7 Å².